The molecule has 0 rings (SSSR count). The van der Waals surface area contributed by atoms with Crippen LogP contribution in [0, 0.1) is 10.1 Å². The third-order valence-corrected chi connectivity index (χ3v) is 3.31. The van der Waals surface area contributed by atoms with Gasteiger partial charge >= 0.3 is 0 Å². The number of unbranched alkanes of at least 4 members (excludes halogenated alkanes) is 6. The van der Waals surface area contributed by atoms with Gasteiger partial charge in [0, 0.05) is 6.42 Å². The first-order valence-electron chi connectivity index (χ1n) is 8.29. The molecule has 0 aromatic heterocycles. The van der Waals surface area contributed by atoms with E-state index >= 15 is 0 Å². The Hall–Kier alpha value is -1.71. The van der Waals surface area contributed by atoms with Gasteiger partial charge in [-0.15, -0.1) is 0 Å². The second kappa shape index (κ2) is 15.7. The number of hydrogen-bond acceptors (Lipinski definition) is 3. The van der Waals surface area contributed by atoms with Crippen molar-refractivity contribution in [2.45, 2.75) is 71.1 Å². The van der Waals surface area contributed by atoms with Gasteiger partial charge in [0.15, 0.2) is 0 Å². The van der Waals surface area contributed by atoms with Crippen molar-refractivity contribution in [3.8, 4) is 0 Å². The third kappa shape index (κ3) is 13.3. The highest BCUT2D eigenvalue weighted by molar-refractivity contribution is 5.48. The zero-order valence-corrected chi connectivity index (χ0v) is 13.7. The molecule has 22 heavy (non-hydrogen) atoms. The summed E-state index contributed by atoms with van der Waals surface area (Å²) in [6, 6.07) is 0. The van der Waals surface area contributed by atoms with E-state index in [9.17, 15) is 14.9 Å². The Labute approximate surface area is 134 Å². The summed E-state index contributed by atoms with van der Waals surface area (Å²) in [5, 5.41) is 10.9. The van der Waals surface area contributed by atoms with E-state index in [-0.39, 0.29) is 10.6 Å². The monoisotopic (exact) mass is 307 g/mol. The number of carbonyl (C=O) groups is 1. The van der Waals surface area contributed by atoms with Crippen LogP contribution in [0.2, 0.25) is 0 Å². The van der Waals surface area contributed by atoms with E-state index in [1.165, 1.54) is 12.8 Å². The van der Waals surface area contributed by atoms with Crippen molar-refractivity contribution in [2.75, 3.05) is 0 Å². The molecule has 0 unspecified atom stereocenters. The van der Waals surface area contributed by atoms with E-state index in [1.807, 2.05) is 25.2 Å². The molecule has 0 atom stereocenters. The summed E-state index contributed by atoms with van der Waals surface area (Å²) in [5.74, 6) is 0. The molecule has 0 saturated heterocycles. The standard InChI is InChI=1S/C18H29NO3/c1-2-3-12-15-18(19(21)22)16-13-10-8-6-4-5-7-9-11-14-17-20/h3,8,10,12,16-17H,2,4-7,9,11,13-15H2,1H3/b10-8+,12-3+,18-16-. The van der Waals surface area contributed by atoms with Crippen LogP contribution in [0.1, 0.15) is 71.1 Å². The van der Waals surface area contributed by atoms with Gasteiger partial charge in [-0.05, 0) is 38.2 Å². The van der Waals surface area contributed by atoms with E-state index in [0.29, 0.717) is 19.3 Å². The number of nitro groups is 1. The summed E-state index contributed by atoms with van der Waals surface area (Å²) in [6.45, 7) is 2.01. The summed E-state index contributed by atoms with van der Waals surface area (Å²) < 4.78 is 0. The van der Waals surface area contributed by atoms with E-state index in [1.54, 1.807) is 6.08 Å². The van der Waals surface area contributed by atoms with E-state index in [0.717, 1.165) is 38.4 Å². The molecule has 0 amide bonds. The highest BCUT2D eigenvalue weighted by Crippen LogP contribution is 2.08. The van der Waals surface area contributed by atoms with Crippen molar-refractivity contribution in [2.24, 2.45) is 0 Å². The fraction of sp³-hybridized carbons (Fsp3) is 0.611. The predicted octanol–water partition coefficient (Wildman–Crippen LogP) is 5.38. The summed E-state index contributed by atoms with van der Waals surface area (Å²) in [7, 11) is 0. The molecule has 0 aliphatic rings. The highest BCUT2D eigenvalue weighted by Gasteiger charge is 2.06. The molecule has 124 valence electrons. The molecule has 0 bridgehead atoms. The number of rotatable bonds is 14. The van der Waals surface area contributed by atoms with Crippen molar-refractivity contribution in [1.82, 2.24) is 0 Å². The SMILES string of the molecule is CC/C=C/C/C(=C/C/C=C/CCCCCCCC=O)[N+](=O)[O-]. The van der Waals surface area contributed by atoms with Crippen LogP contribution in [0.4, 0.5) is 0 Å². The third-order valence-electron chi connectivity index (χ3n) is 3.31. The lowest BCUT2D eigenvalue weighted by Gasteiger charge is -1.97. The van der Waals surface area contributed by atoms with Crippen LogP contribution in [0.25, 0.3) is 0 Å². The molecule has 0 aromatic rings. The summed E-state index contributed by atoms with van der Waals surface area (Å²) in [6.07, 6.45) is 19.8. The molecule has 0 N–H and O–H groups in total. The van der Waals surface area contributed by atoms with Gasteiger partial charge in [-0.3, -0.25) is 10.1 Å². The maximum atomic E-state index is 10.9. The second-order valence-electron chi connectivity index (χ2n) is 5.26. The summed E-state index contributed by atoms with van der Waals surface area (Å²) in [5.41, 5.74) is 0.268. The lowest BCUT2D eigenvalue weighted by molar-refractivity contribution is -0.427. The Bertz CT molecular complexity index is 384. The first kappa shape index (κ1) is 20.3. The lowest BCUT2D eigenvalue weighted by atomic mass is 10.1. The molecule has 0 aliphatic heterocycles. The van der Waals surface area contributed by atoms with Crippen molar-refractivity contribution in [3.63, 3.8) is 0 Å². The van der Waals surface area contributed by atoms with Gasteiger partial charge in [-0.25, -0.2) is 0 Å². The molecular weight excluding hydrogens is 278 g/mol. The molecule has 0 aliphatic carbocycles. The smallest absolute Gasteiger partial charge is 0.246 e. The number of nitrogens with zero attached hydrogens (tertiary/aromatic N) is 1. The predicted molar refractivity (Wildman–Crippen MR) is 91.3 cm³/mol. The van der Waals surface area contributed by atoms with Crippen LogP contribution in [0.15, 0.2) is 36.1 Å². The normalized spacial score (nSPS) is 12.3. The lowest BCUT2D eigenvalue weighted by Crippen LogP contribution is -1.97. The van der Waals surface area contributed by atoms with Crippen molar-refractivity contribution in [3.05, 3.63) is 46.2 Å². The second-order valence-corrected chi connectivity index (χ2v) is 5.26. The minimum absolute atomic E-state index is 0.268. The molecule has 4 heteroatoms. The van der Waals surface area contributed by atoms with Gasteiger partial charge in [-0.2, -0.15) is 0 Å². The number of aldehydes is 1. The zero-order valence-electron chi connectivity index (χ0n) is 13.7. The maximum absolute atomic E-state index is 10.9. The van der Waals surface area contributed by atoms with Crippen molar-refractivity contribution < 1.29 is 9.72 Å². The van der Waals surface area contributed by atoms with Gasteiger partial charge in [0.25, 0.3) is 0 Å². The average molecular weight is 307 g/mol. The van der Waals surface area contributed by atoms with Crippen molar-refractivity contribution in [1.29, 1.82) is 0 Å². The van der Waals surface area contributed by atoms with Gasteiger partial charge in [0.2, 0.25) is 5.70 Å². The Morgan fingerprint density at radius 2 is 1.64 bits per heavy atom. The number of hydrogen-bond donors (Lipinski definition) is 0. The molecule has 0 spiro atoms. The zero-order chi connectivity index (χ0) is 16.5. The first-order chi connectivity index (χ1) is 10.7. The van der Waals surface area contributed by atoms with Crippen LogP contribution in [0.3, 0.4) is 0 Å². The van der Waals surface area contributed by atoms with Crippen LogP contribution >= 0.6 is 0 Å². The van der Waals surface area contributed by atoms with Crippen LogP contribution in [-0.2, 0) is 4.79 Å². The van der Waals surface area contributed by atoms with E-state index < -0.39 is 0 Å². The Morgan fingerprint density at radius 3 is 2.27 bits per heavy atom. The largest absolute Gasteiger partial charge is 0.303 e. The van der Waals surface area contributed by atoms with Crippen molar-refractivity contribution >= 4 is 6.29 Å². The number of allylic oxidation sites excluding steroid dienone is 5. The van der Waals surface area contributed by atoms with Crippen LogP contribution in [-0.4, -0.2) is 11.2 Å². The maximum Gasteiger partial charge on any atom is 0.246 e. The quantitative estimate of drug-likeness (QED) is 0.142. The first-order valence-corrected chi connectivity index (χ1v) is 8.29. The van der Waals surface area contributed by atoms with Gasteiger partial charge in [0.1, 0.15) is 6.29 Å². The Kier molecular flexibility index (Phi) is 14.5. The average Bonchev–Trinajstić information content (AvgIpc) is 2.50. The molecular formula is C18H29NO3. The molecule has 0 fully saturated rings. The summed E-state index contributed by atoms with van der Waals surface area (Å²) in [4.78, 5) is 20.7. The molecule has 0 saturated carbocycles. The topological polar surface area (TPSA) is 60.2 Å². The molecule has 0 radical (unpaired) electrons. The summed E-state index contributed by atoms with van der Waals surface area (Å²) >= 11 is 0. The minimum atomic E-state index is -0.298. The van der Waals surface area contributed by atoms with Crippen LogP contribution < -0.4 is 0 Å². The Balaban J connectivity index is 3.76. The van der Waals surface area contributed by atoms with Gasteiger partial charge in [-0.1, -0.05) is 50.5 Å². The number of carbonyl (C=O) groups excluding carboxylic acids is 1. The van der Waals surface area contributed by atoms with E-state index in [4.69, 9.17) is 0 Å². The van der Waals surface area contributed by atoms with Gasteiger partial charge < -0.3 is 4.79 Å². The molecule has 0 aromatic carbocycles. The van der Waals surface area contributed by atoms with E-state index in [2.05, 4.69) is 6.08 Å². The van der Waals surface area contributed by atoms with Crippen LogP contribution in [0.5, 0.6) is 0 Å². The minimum Gasteiger partial charge on any atom is -0.303 e. The van der Waals surface area contributed by atoms with Gasteiger partial charge in [0.05, 0.1) is 11.3 Å². The fourth-order valence-electron chi connectivity index (χ4n) is 2.04. The highest BCUT2D eigenvalue weighted by atomic mass is 16.6. The fourth-order valence-corrected chi connectivity index (χ4v) is 2.04. The Morgan fingerprint density at radius 1 is 0.955 bits per heavy atom. The molecule has 4 nitrogen and oxygen atoms in total. The molecule has 0 heterocycles.